The maximum atomic E-state index is 13.1. The Balaban J connectivity index is 2.45. The normalized spacial score (nSPS) is 10.9. The average Bonchev–Trinajstić information content (AvgIpc) is 2.65. The van der Waals surface area contributed by atoms with Crippen LogP contribution in [0.4, 0.5) is 4.39 Å². The van der Waals surface area contributed by atoms with Crippen molar-refractivity contribution in [2.45, 2.75) is 90.9 Å². The van der Waals surface area contributed by atoms with Crippen molar-refractivity contribution in [3.8, 4) is 0 Å². The van der Waals surface area contributed by atoms with E-state index in [1.54, 1.807) is 12.1 Å². The maximum absolute atomic E-state index is 13.1. The predicted molar refractivity (Wildman–Crippen MR) is 109 cm³/mol. The van der Waals surface area contributed by atoms with Crippen LogP contribution in [0, 0.1) is 5.82 Å². The Morgan fingerprint density at radius 3 is 1.62 bits per heavy atom. The zero-order valence-electron chi connectivity index (χ0n) is 16.9. The van der Waals surface area contributed by atoms with Gasteiger partial charge in [0.1, 0.15) is 5.82 Å². The molecular weight excluding hydrogens is 325 g/mol. The summed E-state index contributed by atoms with van der Waals surface area (Å²) in [5, 5.41) is 0. The summed E-state index contributed by atoms with van der Waals surface area (Å²) in [6, 6.07) is 5.96. The Kier molecular flexibility index (Phi) is 12.9. The summed E-state index contributed by atoms with van der Waals surface area (Å²) in [5.74, 6) is -0.243. The summed E-state index contributed by atoms with van der Waals surface area (Å²) in [7, 11) is 0. The number of unbranched alkanes of at least 4 members (excludes halogenated alkanes) is 10. The molecule has 0 aliphatic heterocycles. The molecule has 2 nitrogen and oxygen atoms in total. The number of rotatable bonds is 15. The lowest BCUT2D eigenvalue weighted by Crippen LogP contribution is -2.33. The highest BCUT2D eigenvalue weighted by atomic mass is 19.1. The molecule has 148 valence electrons. The molecule has 0 atom stereocenters. The molecule has 0 heterocycles. The molecule has 0 aliphatic rings. The Labute approximate surface area is 160 Å². The molecule has 1 amide bonds. The van der Waals surface area contributed by atoms with E-state index in [0.29, 0.717) is 5.56 Å². The summed E-state index contributed by atoms with van der Waals surface area (Å²) >= 11 is 0. The summed E-state index contributed by atoms with van der Waals surface area (Å²) in [4.78, 5) is 14.8. The molecule has 0 saturated carbocycles. The largest absolute Gasteiger partial charge is 0.339 e. The second-order valence-electron chi connectivity index (χ2n) is 7.33. The fourth-order valence-electron chi connectivity index (χ4n) is 3.26. The topological polar surface area (TPSA) is 20.3 Å². The van der Waals surface area contributed by atoms with Gasteiger partial charge in [-0.3, -0.25) is 4.79 Å². The van der Waals surface area contributed by atoms with Crippen molar-refractivity contribution in [1.29, 1.82) is 0 Å². The molecule has 1 aromatic carbocycles. The van der Waals surface area contributed by atoms with E-state index in [9.17, 15) is 9.18 Å². The molecule has 0 aliphatic carbocycles. The Morgan fingerprint density at radius 1 is 0.731 bits per heavy atom. The first-order chi connectivity index (χ1) is 12.7. The minimum absolute atomic E-state index is 0.0483. The quantitative estimate of drug-likeness (QED) is 0.307. The Bertz CT molecular complexity index is 456. The predicted octanol–water partition coefficient (Wildman–Crippen LogP) is 6.99. The molecule has 0 fully saturated rings. The number of amides is 1. The highest BCUT2D eigenvalue weighted by molar-refractivity contribution is 5.94. The molecular formula is C23H38FNO. The molecule has 0 saturated heterocycles. The second-order valence-corrected chi connectivity index (χ2v) is 7.33. The number of nitrogens with zero attached hydrogens (tertiary/aromatic N) is 1. The van der Waals surface area contributed by atoms with Crippen LogP contribution in [0.25, 0.3) is 0 Å². The van der Waals surface area contributed by atoms with Gasteiger partial charge in [-0.15, -0.1) is 0 Å². The van der Waals surface area contributed by atoms with Crippen LogP contribution >= 0.6 is 0 Å². The summed E-state index contributed by atoms with van der Waals surface area (Å²) in [5.41, 5.74) is 0.600. The summed E-state index contributed by atoms with van der Waals surface area (Å²) < 4.78 is 13.1. The SMILES string of the molecule is CCCCCCCCN(CCCCCCCC)C(=O)c1ccc(F)cc1. The lowest BCUT2D eigenvalue weighted by atomic mass is 10.1. The zero-order chi connectivity index (χ0) is 19.0. The van der Waals surface area contributed by atoms with Gasteiger partial charge in [0.15, 0.2) is 0 Å². The standard InChI is InChI=1S/C23H38FNO/c1-3-5-7-9-11-13-19-25(20-14-12-10-8-6-4-2)23(26)21-15-17-22(24)18-16-21/h15-18H,3-14,19-20H2,1-2H3. The van der Waals surface area contributed by atoms with E-state index in [1.165, 1.54) is 76.3 Å². The third-order valence-electron chi connectivity index (χ3n) is 4.94. The molecule has 0 spiro atoms. The number of benzene rings is 1. The van der Waals surface area contributed by atoms with E-state index in [0.717, 1.165) is 25.9 Å². The molecule has 0 radical (unpaired) electrons. The van der Waals surface area contributed by atoms with Crippen LogP contribution in [-0.2, 0) is 0 Å². The van der Waals surface area contributed by atoms with Crippen molar-refractivity contribution in [3.63, 3.8) is 0 Å². The van der Waals surface area contributed by atoms with Crippen molar-refractivity contribution >= 4 is 5.91 Å². The lowest BCUT2D eigenvalue weighted by Gasteiger charge is -2.23. The number of halogens is 1. The van der Waals surface area contributed by atoms with Crippen molar-refractivity contribution in [2.75, 3.05) is 13.1 Å². The van der Waals surface area contributed by atoms with Crippen molar-refractivity contribution < 1.29 is 9.18 Å². The highest BCUT2D eigenvalue weighted by Crippen LogP contribution is 2.12. The number of hydrogen-bond donors (Lipinski definition) is 0. The van der Waals surface area contributed by atoms with Gasteiger partial charge in [0, 0.05) is 18.7 Å². The van der Waals surface area contributed by atoms with Crippen LogP contribution in [0.3, 0.4) is 0 Å². The highest BCUT2D eigenvalue weighted by Gasteiger charge is 2.15. The minimum atomic E-state index is -0.292. The van der Waals surface area contributed by atoms with E-state index in [1.807, 2.05) is 4.90 Å². The maximum Gasteiger partial charge on any atom is 0.253 e. The third-order valence-corrected chi connectivity index (χ3v) is 4.94. The van der Waals surface area contributed by atoms with Crippen LogP contribution in [0.1, 0.15) is 101 Å². The van der Waals surface area contributed by atoms with Gasteiger partial charge in [-0.25, -0.2) is 4.39 Å². The van der Waals surface area contributed by atoms with E-state index in [-0.39, 0.29) is 11.7 Å². The molecule has 1 aromatic rings. The van der Waals surface area contributed by atoms with E-state index in [2.05, 4.69) is 13.8 Å². The molecule has 1 rings (SSSR count). The van der Waals surface area contributed by atoms with Gasteiger partial charge in [0.25, 0.3) is 5.91 Å². The van der Waals surface area contributed by atoms with E-state index in [4.69, 9.17) is 0 Å². The number of hydrogen-bond acceptors (Lipinski definition) is 1. The molecule has 26 heavy (non-hydrogen) atoms. The van der Waals surface area contributed by atoms with Gasteiger partial charge >= 0.3 is 0 Å². The molecule has 0 unspecified atom stereocenters. The molecule has 0 bridgehead atoms. The van der Waals surface area contributed by atoms with Crippen LogP contribution in [-0.4, -0.2) is 23.9 Å². The van der Waals surface area contributed by atoms with Gasteiger partial charge in [0.2, 0.25) is 0 Å². The lowest BCUT2D eigenvalue weighted by molar-refractivity contribution is 0.0749. The molecule has 0 N–H and O–H groups in total. The first-order valence-electron chi connectivity index (χ1n) is 10.7. The Hall–Kier alpha value is -1.38. The van der Waals surface area contributed by atoms with Crippen LogP contribution in [0.15, 0.2) is 24.3 Å². The molecule has 0 aromatic heterocycles. The first-order valence-corrected chi connectivity index (χ1v) is 10.7. The summed E-state index contributed by atoms with van der Waals surface area (Å²) in [6.45, 7) is 6.09. The van der Waals surface area contributed by atoms with Crippen molar-refractivity contribution in [3.05, 3.63) is 35.6 Å². The fraction of sp³-hybridized carbons (Fsp3) is 0.696. The van der Waals surface area contributed by atoms with Crippen LogP contribution in [0.2, 0.25) is 0 Å². The van der Waals surface area contributed by atoms with E-state index < -0.39 is 0 Å². The van der Waals surface area contributed by atoms with Crippen molar-refractivity contribution in [2.24, 2.45) is 0 Å². The summed E-state index contributed by atoms with van der Waals surface area (Å²) in [6.07, 6.45) is 14.7. The minimum Gasteiger partial charge on any atom is -0.339 e. The van der Waals surface area contributed by atoms with Crippen LogP contribution in [0.5, 0.6) is 0 Å². The van der Waals surface area contributed by atoms with Gasteiger partial charge in [-0.2, -0.15) is 0 Å². The van der Waals surface area contributed by atoms with Crippen LogP contribution < -0.4 is 0 Å². The van der Waals surface area contributed by atoms with Crippen molar-refractivity contribution in [1.82, 2.24) is 4.90 Å². The van der Waals surface area contributed by atoms with Gasteiger partial charge in [0.05, 0.1) is 0 Å². The number of carbonyl (C=O) groups excluding carboxylic acids is 1. The average molecular weight is 364 g/mol. The van der Waals surface area contributed by atoms with Gasteiger partial charge in [-0.05, 0) is 37.1 Å². The van der Waals surface area contributed by atoms with Gasteiger partial charge in [-0.1, -0.05) is 78.1 Å². The van der Waals surface area contributed by atoms with E-state index >= 15 is 0 Å². The zero-order valence-corrected chi connectivity index (χ0v) is 16.9. The Morgan fingerprint density at radius 2 is 1.15 bits per heavy atom. The fourth-order valence-corrected chi connectivity index (χ4v) is 3.26. The second kappa shape index (κ2) is 14.8. The number of carbonyl (C=O) groups is 1. The first kappa shape index (κ1) is 22.7. The third kappa shape index (κ3) is 9.94. The monoisotopic (exact) mass is 363 g/mol. The smallest absolute Gasteiger partial charge is 0.253 e. The van der Waals surface area contributed by atoms with Gasteiger partial charge < -0.3 is 4.90 Å². The molecule has 3 heteroatoms.